The summed E-state index contributed by atoms with van der Waals surface area (Å²) in [6.07, 6.45) is -0.854. The third-order valence-corrected chi connectivity index (χ3v) is 10.1. The van der Waals surface area contributed by atoms with Crippen molar-refractivity contribution >= 4 is 55.0 Å². The fourth-order valence-electron chi connectivity index (χ4n) is 5.11. The molecule has 12 nitrogen and oxygen atoms in total. The lowest BCUT2D eigenvalue weighted by molar-refractivity contribution is -0.274. The third kappa shape index (κ3) is 6.22. The van der Waals surface area contributed by atoms with Gasteiger partial charge in [-0.25, -0.2) is 23.2 Å². The van der Waals surface area contributed by atoms with Crippen LogP contribution < -0.4 is 20.1 Å². The van der Waals surface area contributed by atoms with Gasteiger partial charge in [0.25, 0.3) is 10.0 Å². The molecule has 0 saturated carbocycles. The number of halogens is 3. The maximum Gasteiger partial charge on any atom is 0.573 e. The van der Waals surface area contributed by atoms with Crippen LogP contribution in [-0.4, -0.2) is 80.4 Å². The summed E-state index contributed by atoms with van der Waals surface area (Å²) in [5.41, 5.74) is 5.79. The van der Waals surface area contributed by atoms with E-state index in [1.165, 1.54) is 24.5 Å². The Morgan fingerprint density at radius 2 is 1.98 bits per heavy atom. The molecule has 2 atom stereocenters. The average Bonchev–Trinajstić information content (AvgIpc) is 3.69. The second-order valence-corrected chi connectivity index (χ2v) is 12.8. The fraction of sp³-hybridized carbons (Fsp3) is 0.440. The van der Waals surface area contributed by atoms with Crippen LogP contribution in [0.3, 0.4) is 0 Å². The number of rotatable bonds is 9. The number of hydrogen-bond acceptors (Lipinski definition) is 11. The number of ether oxygens (including phenoxy) is 2. The van der Waals surface area contributed by atoms with E-state index in [0.717, 1.165) is 55.3 Å². The van der Waals surface area contributed by atoms with Gasteiger partial charge in [0.2, 0.25) is 5.91 Å². The smallest absolute Gasteiger partial charge is 0.467 e. The van der Waals surface area contributed by atoms with Crippen molar-refractivity contribution in [2.75, 3.05) is 37.4 Å². The predicted octanol–water partition coefficient (Wildman–Crippen LogP) is 2.44. The van der Waals surface area contributed by atoms with Gasteiger partial charge < -0.3 is 25.0 Å². The molecule has 2 aliphatic rings. The summed E-state index contributed by atoms with van der Waals surface area (Å²) >= 11 is 0.993. The van der Waals surface area contributed by atoms with Crippen molar-refractivity contribution in [2.24, 2.45) is 0 Å². The molecule has 1 amide bonds. The summed E-state index contributed by atoms with van der Waals surface area (Å²) in [6.45, 7) is 1.51. The molecular weight excluding hydrogens is 601 g/mol. The highest BCUT2D eigenvalue weighted by molar-refractivity contribution is 7.91. The van der Waals surface area contributed by atoms with E-state index in [1.54, 1.807) is 0 Å². The van der Waals surface area contributed by atoms with E-state index >= 15 is 0 Å². The number of pyridine rings is 1. The first-order chi connectivity index (χ1) is 19.9. The number of aromatic nitrogens is 2. The van der Waals surface area contributed by atoms with Crippen LogP contribution in [0, 0.1) is 0 Å². The molecule has 3 N–H and O–H groups in total. The standard InChI is InChI=1S/C25H27F3N6O6S2/c1-39-23(36)18(11-15-10-14-4-6-30-21(29)16(14)12-19(15)40-25(26,27)28)34-9-5-17(22(34)35)32-42(37,38)20-13-31-24(41-20)33-7-2-3-8-33/h4,6,10,12-13,17-18,32H,2-3,5,7-9,11H2,1H3,(H2,29,30). The molecule has 2 aromatic heterocycles. The molecule has 0 bridgehead atoms. The van der Waals surface area contributed by atoms with Crippen LogP contribution in [-0.2, 0) is 30.8 Å². The van der Waals surface area contributed by atoms with Gasteiger partial charge in [0, 0.05) is 37.6 Å². The van der Waals surface area contributed by atoms with Gasteiger partial charge in [0.05, 0.1) is 13.3 Å². The number of carbonyl (C=O) groups excluding carboxylic acids is 2. The molecule has 2 unspecified atom stereocenters. The number of hydrogen-bond donors (Lipinski definition) is 2. The number of nitrogens with two attached hydrogens (primary N) is 1. The minimum Gasteiger partial charge on any atom is -0.467 e. The van der Waals surface area contributed by atoms with Crippen molar-refractivity contribution in [3.05, 3.63) is 36.2 Å². The average molecular weight is 629 g/mol. The molecule has 2 aliphatic heterocycles. The second kappa shape index (κ2) is 11.5. The Hall–Kier alpha value is -3.70. The van der Waals surface area contributed by atoms with Crippen molar-refractivity contribution < 1.29 is 40.7 Å². The van der Waals surface area contributed by atoms with E-state index in [9.17, 15) is 31.2 Å². The van der Waals surface area contributed by atoms with Crippen molar-refractivity contribution in [2.45, 2.75) is 48.3 Å². The van der Waals surface area contributed by atoms with Gasteiger partial charge >= 0.3 is 12.3 Å². The summed E-state index contributed by atoms with van der Waals surface area (Å²) < 4.78 is 77.5. The maximum atomic E-state index is 13.4. The van der Waals surface area contributed by atoms with Crippen molar-refractivity contribution in [1.82, 2.24) is 19.6 Å². The number of nitrogens with zero attached hydrogens (tertiary/aromatic N) is 4. The highest BCUT2D eigenvalue weighted by Gasteiger charge is 2.42. The van der Waals surface area contributed by atoms with Gasteiger partial charge in [-0.3, -0.25) is 4.79 Å². The number of nitrogen functional groups attached to an aromatic ring is 1. The van der Waals surface area contributed by atoms with Crippen molar-refractivity contribution in [3.8, 4) is 5.75 Å². The van der Waals surface area contributed by atoms with Gasteiger partial charge in [-0.1, -0.05) is 11.3 Å². The molecule has 3 aromatic rings. The molecule has 2 saturated heterocycles. The lowest BCUT2D eigenvalue weighted by Crippen LogP contribution is -2.48. The predicted molar refractivity (Wildman–Crippen MR) is 146 cm³/mol. The summed E-state index contributed by atoms with van der Waals surface area (Å²) in [6, 6.07) is 1.40. The van der Waals surface area contributed by atoms with Crippen LogP contribution in [0.4, 0.5) is 24.1 Å². The number of methoxy groups -OCH3 is 1. The molecule has 4 heterocycles. The first-order valence-electron chi connectivity index (χ1n) is 12.9. The summed E-state index contributed by atoms with van der Waals surface area (Å²) in [7, 11) is -3.04. The van der Waals surface area contributed by atoms with Gasteiger partial charge in [-0.05, 0) is 48.4 Å². The molecule has 17 heteroatoms. The normalized spacial score (nSPS) is 18.6. The number of carbonyl (C=O) groups is 2. The van der Waals surface area contributed by atoms with Crippen LogP contribution in [0.15, 0.2) is 34.8 Å². The van der Waals surface area contributed by atoms with E-state index in [-0.39, 0.29) is 33.9 Å². The molecule has 226 valence electrons. The number of amides is 1. The van der Waals surface area contributed by atoms with Crippen LogP contribution in [0.2, 0.25) is 0 Å². The molecular formula is C25H27F3N6O6S2. The van der Waals surface area contributed by atoms with Crippen LogP contribution in [0.1, 0.15) is 24.8 Å². The summed E-state index contributed by atoms with van der Waals surface area (Å²) in [5, 5.41) is 1.22. The largest absolute Gasteiger partial charge is 0.573 e. The summed E-state index contributed by atoms with van der Waals surface area (Å²) in [5.74, 6) is -2.25. The third-order valence-electron chi connectivity index (χ3n) is 7.12. The Kier molecular flexibility index (Phi) is 8.17. The number of alkyl halides is 3. The molecule has 42 heavy (non-hydrogen) atoms. The van der Waals surface area contributed by atoms with E-state index < -0.39 is 52.5 Å². The first-order valence-corrected chi connectivity index (χ1v) is 15.2. The monoisotopic (exact) mass is 628 g/mol. The quantitative estimate of drug-likeness (QED) is 0.338. The Morgan fingerprint density at radius 1 is 1.24 bits per heavy atom. The lowest BCUT2D eigenvalue weighted by Gasteiger charge is -2.27. The molecule has 5 rings (SSSR count). The van der Waals surface area contributed by atoms with Gasteiger partial charge in [0.15, 0.2) is 9.34 Å². The maximum absolute atomic E-state index is 13.4. The van der Waals surface area contributed by atoms with Crippen LogP contribution in [0.25, 0.3) is 10.8 Å². The Bertz CT molecular complexity index is 1610. The van der Waals surface area contributed by atoms with Crippen molar-refractivity contribution in [3.63, 3.8) is 0 Å². The second-order valence-electron chi connectivity index (χ2n) is 9.82. The zero-order chi connectivity index (χ0) is 30.2. The highest BCUT2D eigenvalue weighted by atomic mass is 32.2. The SMILES string of the molecule is COC(=O)C(Cc1cc2ccnc(N)c2cc1OC(F)(F)F)N1CCC(NS(=O)(=O)c2cnc(N3CCCC3)s2)C1=O. The van der Waals surface area contributed by atoms with Gasteiger partial charge in [0.1, 0.15) is 23.7 Å². The summed E-state index contributed by atoms with van der Waals surface area (Å²) in [4.78, 5) is 37.4. The Morgan fingerprint density at radius 3 is 2.67 bits per heavy atom. The number of fused-ring (bicyclic) bond motifs is 1. The van der Waals surface area contributed by atoms with E-state index in [4.69, 9.17) is 10.5 Å². The number of esters is 1. The molecule has 0 radical (unpaired) electrons. The number of likely N-dealkylation sites (tertiary alicyclic amines) is 1. The highest BCUT2D eigenvalue weighted by Crippen LogP contribution is 2.35. The minimum atomic E-state index is -5.06. The first kappa shape index (κ1) is 29.8. The van der Waals surface area contributed by atoms with E-state index in [2.05, 4.69) is 19.4 Å². The zero-order valence-corrected chi connectivity index (χ0v) is 23.9. The van der Waals surface area contributed by atoms with Gasteiger partial charge in [-0.2, -0.15) is 4.72 Å². The molecule has 0 spiro atoms. The number of thiazole rings is 1. The van der Waals surface area contributed by atoms with E-state index in [0.29, 0.717) is 10.5 Å². The number of anilines is 2. The van der Waals surface area contributed by atoms with E-state index in [1.807, 2.05) is 4.90 Å². The minimum absolute atomic E-state index is 0.0195. The molecule has 1 aromatic carbocycles. The van der Waals surface area contributed by atoms with Gasteiger partial charge in [-0.15, -0.1) is 13.2 Å². The van der Waals surface area contributed by atoms with Crippen molar-refractivity contribution in [1.29, 1.82) is 0 Å². The number of sulfonamides is 1. The number of benzene rings is 1. The van der Waals surface area contributed by atoms with Crippen LogP contribution >= 0.6 is 11.3 Å². The molecule has 2 fully saturated rings. The number of nitrogens with one attached hydrogen (secondary N) is 1. The Labute approximate surface area is 242 Å². The van der Waals surface area contributed by atoms with Crippen LogP contribution in [0.5, 0.6) is 5.75 Å². The Balaban J connectivity index is 1.39. The zero-order valence-electron chi connectivity index (χ0n) is 22.3. The molecule has 0 aliphatic carbocycles. The lowest BCUT2D eigenvalue weighted by atomic mass is 10.00. The topological polar surface area (TPSA) is 157 Å². The fourth-order valence-corrected chi connectivity index (χ4v) is 7.52.